The van der Waals surface area contributed by atoms with E-state index in [0.29, 0.717) is 52.2 Å². The number of hydrogen-bond acceptors (Lipinski definition) is 4. The number of methoxy groups -OCH3 is 1. The van der Waals surface area contributed by atoms with Crippen molar-refractivity contribution in [3.63, 3.8) is 0 Å². The molecule has 0 aliphatic rings. The third kappa shape index (κ3) is 4.21. The zero-order valence-corrected chi connectivity index (χ0v) is 15.4. The van der Waals surface area contributed by atoms with Crippen LogP contribution in [0.1, 0.15) is 39.0 Å². The number of para-hydroxylation sites is 1. The lowest BCUT2D eigenvalue weighted by molar-refractivity contribution is 0.101. The van der Waals surface area contributed by atoms with Crippen LogP contribution in [0, 0.1) is 13.8 Å². The van der Waals surface area contributed by atoms with E-state index in [1.54, 1.807) is 39.2 Å². The summed E-state index contributed by atoms with van der Waals surface area (Å²) in [6.07, 6.45) is 0. The number of rotatable bonds is 7. The molecule has 1 amide bonds. The van der Waals surface area contributed by atoms with E-state index < -0.39 is 0 Å². The number of carbonyl (C=O) groups is 2. The molecule has 1 aromatic heterocycles. The summed E-state index contributed by atoms with van der Waals surface area (Å²) in [4.78, 5) is 27.3. The van der Waals surface area contributed by atoms with Gasteiger partial charge in [0.1, 0.15) is 12.3 Å². The van der Waals surface area contributed by atoms with Crippen LogP contribution >= 0.6 is 11.6 Å². The summed E-state index contributed by atoms with van der Waals surface area (Å²) < 4.78 is 10.6. The van der Waals surface area contributed by atoms with Crippen LogP contribution in [0.25, 0.3) is 0 Å². The summed E-state index contributed by atoms with van der Waals surface area (Å²) in [7, 11) is 1.57. The van der Waals surface area contributed by atoms with Gasteiger partial charge in [0.25, 0.3) is 5.91 Å². The zero-order valence-electron chi connectivity index (χ0n) is 14.7. The molecule has 134 valence electrons. The largest absolute Gasteiger partial charge is 0.487 e. The number of ether oxygens (including phenoxy) is 2. The van der Waals surface area contributed by atoms with Gasteiger partial charge >= 0.3 is 0 Å². The van der Waals surface area contributed by atoms with E-state index in [1.165, 1.54) is 6.92 Å². The van der Waals surface area contributed by atoms with Gasteiger partial charge in [-0.2, -0.15) is 0 Å². The van der Waals surface area contributed by atoms with E-state index >= 15 is 0 Å². The van der Waals surface area contributed by atoms with Crippen molar-refractivity contribution in [3.8, 4) is 5.75 Å². The molecule has 6 nitrogen and oxygen atoms in total. The minimum absolute atomic E-state index is 0.0864. The number of benzene rings is 1. The van der Waals surface area contributed by atoms with Crippen LogP contribution < -0.4 is 10.1 Å². The fourth-order valence-electron chi connectivity index (χ4n) is 2.67. The first-order chi connectivity index (χ1) is 11.9. The van der Waals surface area contributed by atoms with Crippen LogP contribution in [-0.2, 0) is 4.74 Å². The van der Waals surface area contributed by atoms with E-state index in [4.69, 9.17) is 21.1 Å². The highest BCUT2D eigenvalue weighted by molar-refractivity contribution is 6.32. The van der Waals surface area contributed by atoms with E-state index in [2.05, 4.69) is 10.3 Å². The molecule has 0 fully saturated rings. The molecule has 1 aromatic carbocycles. The van der Waals surface area contributed by atoms with Crippen LogP contribution in [0.5, 0.6) is 5.75 Å². The number of ketones is 1. The average molecular weight is 365 g/mol. The number of halogens is 1. The molecule has 0 radical (unpaired) electrons. The van der Waals surface area contributed by atoms with E-state index in [0.717, 1.165) is 0 Å². The van der Waals surface area contributed by atoms with Gasteiger partial charge in [0.05, 0.1) is 17.3 Å². The molecule has 0 atom stereocenters. The average Bonchev–Trinajstić information content (AvgIpc) is 2.85. The Kier molecular flexibility index (Phi) is 6.22. The predicted octanol–water partition coefficient (Wildman–Crippen LogP) is 3.77. The highest BCUT2D eigenvalue weighted by Gasteiger charge is 2.21. The van der Waals surface area contributed by atoms with Crippen LogP contribution in [0.3, 0.4) is 0 Å². The molecular weight excluding hydrogens is 344 g/mol. The predicted molar refractivity (Wildman–Crippen MR) is 97.0 cm³/mol. The standard InChI is InChI=1S/C18H21ClN2O4/c1-10-15(12(3)22)11(2)20-16(10)18(23)21-14-7-5-6-13(19)17(14)25-9-8-24-4/h5-7,20H,8-9H2,1-4H3,(H,21,23). The molecule has 0 aliphatic carbocycles. The fraction of sp³-hybridized carbons (Fsp3) is 0.333. The third-order valence-corrected chi connectivity index (χ3v) is 4.06. The lowest BCUT2D eigenvalue weighted by atomic mass is 10.1. The van der Waals surface area contributed by atoms with Gasteiger partial charge in [-0.3, -0.25) is 9.59 Å². The Morgan fingerprint density at radius 1 is 1.24 bits per heavy atom. The molecule has 7 heteroatoms. The van der Waals surface area contributed by atoms with Crippen LogP contribution in [-0.4, -0.2) is 37.0 Å². The monoisotopic (exact) mass is 364 g/mol. The van der Waals surface area contributed by atoms with Crippen LogP contribution in [0.15, 0.2) is 18.2 Å². The minimum atomic E-state index is -0.369. The summed E-state index contributed by atoms with van der Waals surface area (Å²) >= 11 is 6.17. The number of carbonyl (C=O) groups excluding carboxylic acids is 2. The van der Waals surface area contributed by atoms with E-state index in [9.17, 15) is 9.59 Å². The molecule has 1 heterocycles. The Hall–Kier alpha value is -2.31. The third-order valence-electron chi connectivity index (χ3n) is 3.77. The summed E-state index contributed by atoms with van der Waals surface area (Å²) in [5.41, 5.74) is 2.60. The van der Waals surface area contributed by atoms with Crippen molar-refractivity contribution < 1.29 is 19.1 Å². The molecule has 0 saturated carbocycles. The van der Waals surface area contributed by atoms with Crippen LogP contribution in [0.2, 0.25) is 5.02 Å². The Morgan fingerprint density at radius 2 is 1.96 bits per heavy atom. The Balaban J connectivity index is 2.28. The van der Waals surface area contributed by atoms with Gasteiger partial charge in [0.15, 0.2) is 11.5 Å². The molecule has 2 N–H and O–H groups in total. The van der Waals surface area contributed by atoms with Crippen LogP contribution in [0.4, 0.5) is 5.69 Å². The topological polar surface area (TPSA) is 80.4 Å². The summed E-state index contributed by atoms with van der Waals surface area (Å²) in [6.45, 7) is 5.68. The van der Waals surface area contributed by atoms with Gasteiger partial charge in [-0.15, -0.1) is 0 Å². The number of aromatic nitrogens is 1. The van der Waals surface area contributed by atoms with Crippen molar-refractivity contribution in [2.24, 2.45) is 0 Å². The summed E-state index contributed by atoms with van der Waals surface area (Å²) in [5.74, 6) is -0.0779. The van der Waals surface area contributed by atoms with Gasteiger partial charge < -0.3 is 19.8 Å². The van der Waals surface area contributed by atoms with Gasteiger partial charge in [-0.1, -0.05) is 17.7 Å². The van der Waals surface area contributed by atoms with Gasteiger partial charge in [0, 0.05) is 18.4 Å². The van der Waals surface area contributed by atoms with Crippen molar-refractivity contribution in [2.75, 3.05) is 25.6 Å². The lowest BCUT2D eigenvalue weighted by Crippen LogP contribution is -2.15. The van der Waals surface area contributed by atoms with E-state index in [-0.39, 0.29) is 11.7 Å². The van der Waals surface area contributed by atoms with Crippen molar-refractivity contribution in [1.82, 2.24) is 4.98 Å². The fourth-order valence-corrected chi connectivity index (χ4v) is 2.90. The quantitative estimate of drug-likeness (QED) is 0.579. The Labute approximate surface area is 151 Å². The normalized spacial score (nSPS) is 10.6. The Bertz CT molecular complexity index is 799. The molecular formula is C18H21ClN2O4. The molecule has 0 unspecified atom stereocenters. The van der Waals surface area contributed by atoms with Crippen molar-refractivity contribution in [2.45, 2.75) is 20.8 Å². The lowest BCUT2D eigenvalue weighted by Gasteiger charge is -2.13. The first-order valence-corrected chi connectivity index (χ1v) is 8.16. The molecule has 0 aliphatic heterocycles. The highest BCUT2D eigenvalue weighted by atomic mass is 35.5. The maximum absolute atomic E-state index is 12.6. The second kappa shape index (κ2) is 8.18. The molecule has 2 aromatic rings. The second-order valence-corrected chi connectivity index (χ2v) is 6.00. The summed E-state index contributed by atoms with van der Waals surface area (Å²) in [5, 5.41) is 3.17. The first-order valence-electron chi connectivity index (χ1n) is 7.78. The van der Waals surface area contributed by atoms with Crippen molar-refractivity contribution >= 4 is 29.0 Å². The van der Waals surface area contributed by atoms with Crippen molar-refractivity contribution in [3.05, 3.63) is 45.7 Å². The van der Waals surface area contributed by atoms with Gasteiger partial charge in [-0.25, -0.2) is 0 Å². The maximum atomic E-state index is 12.6. The number of anilines is 1. The van der Waals surface area contributed by atoms with Crippen molar-refractivity contribution in [1.29, 1.82) is 0 Å². The highest BCUT2D eigenvalue weighted by Crippen LogP contribution is 2.33. The molecule has 0 saturated heterocycles. The number of aryl methyl sites for hydroxylation is 1. The smallest absolute Gasteiger partial charge is 0.272 e. The van der Waals surface area contributed by atoms with Gasteiger partial charge in [0.2, 0.25) is 0 Å². The zero-order chi connectivity index (χ0) is 18.6. The number of Topliss-reactive ketones (excluding diaryl/α,β-unsaturated/α-hetero) is 1. The molecule has 2 rings (SSSR count). The number of amides is 1. The van der Waals surface area contributed by atoms with E-state index in [1.807, 2.05) is 0 Å². The Morgan fingerprint density at radius 3 is 2.56 bits per heavy atom. The maximum Gasteiger partial charge on any atom is 0.272 e. The second-order valence-electron chi connectivity index (χ2n) is 5.59. The summed E-state index contributed by atoms with van der Waals surface area (Å²) in [6, 6.07) is 5.09. The first kappa shape index (κ1) is 19.0. The number of H-pyrrole nitrogens is 1. The molecule has 25 heavy (non-hydrogen) atoms. The minimum Gasteiger partial charge on any atom is -0.487 e. The number of hydrogen-bond donors (Lipinski definition) is 2. The van der Waals surface area contributed by atoms with Gasteiger partial charge in [-0.05, 0) is 38.5 Å². The number of aromatic amines is 1. The molecule has 0 bridgehead atoms. The number of nitrogens with one attached hydrogen (secondary N) is 2. The SMILES string of the molecule is COCCOc1c(Cl)cccc1NC(=O)c1[nH]c(C)c(C(C)=O)c1C. The molecule has 0 spiro atoms.